The van der Waals surface area contributed by atoms with E-state index in [0.717, 1.165) is 18.2 Å². The van der Waals surface area contributed by atoms with Gasteiger partial charge in [-0.15, -0.1) is 0 Å². The van der Waals surface area contributed by atoms with E-state index in [2.05, 4.69) is 10.2 Å². The Balaban J connectivity index is 2.58. The second kappa shape index (κ2) is 3.78. The van der Waals surface area contributed by atoms with Crippen LogP contribution < -0.4 is 5.73 Å². The third-order valence-corrected chi connectivity index (χ3v) is 2.14. The van der Waals surface area contributed by atoms with Gasteiger partial charge in [-0.1, -0.05) is 0 Å². The molecule has 0 unspecified atom stereocenters. The van der Waals surface area contributed by atoms with Crippen molar-refractivity contribution in [3.05, 3.63) is 41.7 Å². The van der Waals surface area contributed by atoms with Crippen molar-refractivity contribution in [2.45, 2.75) is 6.54 Å². The van der Waals surface area contributed by atoms with Gasteiger partial charge in [0, 0.05) is 17.7 Å². The Hall–Kier alpha value is -1.75. The number of rotatable bonds is 2. The number of benzene rings is 1. The molecule has 5 heteroatoms. The van der Waals surface area contributed by atoms with E-state index in [0.29, 0.717) is 11.3 Å². The normalized spacial score (nSPS) is 10.6. The number of H-pyrrole nitrogens is 1. The molecule has 2 aromatic rings. The highest BCUT2D eigenvalue weighted by atomic mass is 19.1. The fourth-order valence-corrected chi connectivity index (χ4v) is 1.40. The van der Waals surface area contributed by atoms with Crippen LogP contribution in [0, 0.1) is 11.6 Å². The number of aromatic nitrogens is 2. The van der Waals surface area contributed by atoms with Gasteiger partial charge in [-0.2, -0.15) is 5.10 Å². The summed E-state index contributed by atoms with van der Waals surface area (Å²) >= 11 is 0. The molecule has 1 aromatic carbocycles. The van der Waals surface area contributed by atoms with Crippen LogP contribution in [0.2, 0.25) is 0 Å². The summed E-state index contributed by atoms with van der Waals surface area (Å²) in [5, 5.41) is 6.38. The summed E-state index contributed by atoms with van der Waals surface area (Å²) in [6.45, 7) is 0.200. The van der Waals surface area contributed by atoms with Crippen molar-refractivity contribution in [3.63, 3.8) is 0 Å². The first-order chi connectivity index (χ1) is 7.22. The number of hydrogen-bond acceptors (Lipinski definition) is 2. The van der Waals surface area contributed by atoms with Crippen LogP contribution in [0.15, 0.2) is 24.4 Å². The molecule has 0 radical (unpaired) electrons. The van der Waals surface area contributed by atoms with Gasteiger partial charge in [0.1, 0.15) is 11.6 Å². The number of aromatic amines is 1. The molecule has 0 bridgehead atoms. The Bertz CT molecular complexity index is 479. The van der Waals surface area contributed by atoms with E-state index in [1.165, 1.54) is 6.20 Å². The van der Waals surface area contributed by atoms with E-state index in [1.54, 1.807) is 0 Å². The topological polar surface area (TPSA) is 54.7 Å². The molecule has 0 spiro atoms. The lowest BCUT2D eigenvalue weighted by Gasteiger charge is -2.02. The zero-order valence-electron chi connectivity index (χ0n) is 7.80. The minimum Gasteiger partial charge on any atom is -0.325 e. The molecule has 3 N–H and O–H groups in total. The van der Waals surface area contributed by atoms with Crippen LogP contribution in [0.5, 0.6) is 0 Å². The van der Waals surface area contributed by atoms with Gasteiger partial charge in [-0.3, -0.25) is 5.10 Å². The fourth-order valence-electron chi connectivity index (χ4n) is 1.40. The second-order valence-electron chi connectivity index (χ2n) is 3.09. The molecule has 0 aliphatic carbocycles. The van der Waals surface area contributed by atoms with E-state index < -0.39 is 11.6 Å². The van der Waals surface area contributed by atoms with Gasteiger partial charge in [0.15, 0.2) is 0 Å². The standard InChI is InChI=1S/C10H9F2N3/c11-6-1-2-9(12)7(3-6)8-5-14-15-10(8)4-13/h1-3,5H,4,13H2,(H,14,15). The predicted octanol–water partition coefficient (Wildman–Crippen LogP) is 1.81. The number of nitrogens with one attached hydrogen (secondary N) is 1. The fraction of sp³-hybridized carbons (Fsp3) is 0.100. The van der Waals surface area contributed by atoms with Crippen LogP contribution in [0.25, 0.3) is 11.1 Å². The third kappa shape index (κ3) is 1.73. The van der Waals surface area contributed by atoms with E-state index in [-0.39, 0.29) is 12.1 Å². The molecule has 1 aromatic heterocycles. The maximum atomic E-state index is 13.4. The molecule has 78 valence electrons. The molecule has 0 aliphatic heterocycles. The summed E-state index contributed by atoms with van der Waals surface area (Å²) < 4.78 is 26.3. The Morgan fingerprint density at radius 2 is 2.07 bits per heavy atom. The minimum absolute atomic E-state index is 0.171. The van der Waals surface area contributed by atoms with E-state index >= 15 is 0 Å². The number of nitrogens with zero attached hydrogens (tertiary/aromatic N) is 1. The molecule has 15 heavy (non-hydrogen) atoms. The predicted molar refractivity (Wildman–Crippen MR) is 51.8 cm³/mol. The van der Waals surface area contributed by atoms with Gasteiger partial charge < -0.3 is 5.73 Å². The lowest BCUT2D eigenvalue weighted by Crippen LogP contribution is -1.99. The van der Waals surface area contributed by atoms with Gasteiger partial charge in [-0.25, -0.2) is 8.78 Å². The van der Waals surface area contributed by atoms with Crippen LogP contribution in [-0.4, -0.2) is 10.2 Å². The van der Waals surface area contributed by atoms with Gasteiger partial charge in [0.25, 0.3) is 0 Å². The highest BCUT2D eigenvalue weighted by molar-refractivity contribution is 5.65. The van der Waals surface area contributed by atoms with Gasteiger partial charge in [0.05, 0.1) is 11.9 Å². The maximum absolute atomic E-state index is 13.4. The van der Waals surface area contributed by atoms with Gasteiger partial charge in [0.2, 0.25) is 0 Å². The Morgan fingerprint density at radius 3 is 2.80 bits per heavy atom. The summed E-state index contributed by atoms with van der Waals surface area (Å²) in [5.74, 6) is -0.983. The van der Waals surface area contributed by atoms with E-state index in [4.69, 9.17) is 5.73 Å². The molecule has 2 rings (SSSR count). The smallest absolute Gasteiger partial charge is 0.131 e. The summed E-state index contributed by atoms with van der Waals surface area (Å²) in [7, 11) is 0. The Kier molecular flexibility index (Phi) is 2.47. The number of halogens is 2. The largest absolute Gasteiger partial charge is 0.325 e. The van der Waals surface area contributed by atoms with Crippen LogP contribution >= 0.6 is 0 Å². The summed E-state index contributed by atoms with van der Waals surface area (Å²) in [6, 6.07) is 3.28. The van der Waals surface area contributed by atoms with Crippen LogP contribution in [0.1, 0.15) is 5.69 Å². The van der Waals surface area contributed by atoms with Crippen LogP contribution in [-0.2, 0) is 6.54 Å². The van der Waals surface area contributed by atoms with E-state index in [9.17, 15) is 8.78 Å². The Labute approximate surface area is 84.9 Å². The van der Waals surface area contributed by atoms with Crippen LogP contribution in [0.4, 0.5) is 8.78 Å². The van der Waals surface area contributed by atoms with Crippen molar-refractivity contribution >= 4 is 0 Å². The molecule has 0 saturated carbocycles. The van der Waals surface area contributed by atoms with E-state index in [1.807, 2.05) is 0 Å². The van der Waals surface area contributed by atoms with Gasteiger partial charge >= 0.3 is 0 Å². The second-order valence-corrected chi connectivity index (χ2v) is 3.09. The SMILES string of the molecule is NCc1[nH]ncc1-c1cc(F)ccc1F. The molecular formula is C10H9F2N3. The lowest BCUT2D eigenvalue weighted by molar-refractivity contribution is 0.603. The summed E-state index contributed by atoms with van der Waals surface area (Å²) in [4.78, 5) is 0. The molecule has 1 heterocycles. The third-order valence-electron chi connectivity index (χ3n) is 2.14. The Morgan fingerprint density at radius 1 is 1.27 bits per heavy atom. The molecule has 0 aliphatic rings. The molecule has 0 saturated heterocycles. The number of nitrogens with two attached hydrogens (primary N) is 1. The first-order valence-electron chi connectivity index (χ1n) is 4.40. The minimum atomic E-state index is -0.493. The van der Waals surface area contributed by atoms with Crippen molar-refractivity contribution < 1.29 is 8.78 Å². The molecule has 0 atom stereocenters. The van der Waals surface area contributed by atoms with Crippen molar-refractivity contribution in [1.82, 2.24) is 10.2 Å². The molecule has 0 amide bonds. The maximum Gasteiger partial charge on any atom is 0.131 e. The highest BCUT2D eigenvalue weighted by Gasteiger charge is 2.11. The van der Waals surface area contributed by atoms with Crippen molar-refractivity contribution in [2.24, 2.45) is 5.73 Å². The summed E-state index contributed by atoms with van der Waals surface area (Å²) in [6.07, 6.45) is 1.43. The highest BCUT2D eigenvalue weighted by Crippen LogP contribution is 2.25. The monoisotopic (exact) mass is 209 g/mol. The van der Waals surface area contributed by atoms with Crippen molar-refractivity contribution in [2.75, 3.05) is 0 Å². The average molecular weight is 209 g/mol. The van der Waals surface area contributed by atoms with Gasteiger partial charge in [-0.05, 0) is 18.2 Å². The first-order valence-corrected chi connectivity index (χ1v) is 4.40. The van der Waals surface area contributed by atoms with Crippen molar-refractivity contribution in [1.29, 1.82) is 0 Å². The quantitative estimate of drug-likeness (QED) is 0.792. The number of hydrogen-bond donors (Lipinski definition) is 2. The summed E-state index contributed by atoms with van der Waals surface area (Å²) in [5.41, 5.74) is 6.68. The molecule has 0 fully saturated rings. The lowest BCUT2D eigenvalue weighted by atomic mass is 10.1. The average Bonchev–Trinajstić information content (AvgIpc) is 2.69. The van der Waals surface area contributed by atoms with Crippen LogP contribution in [0.3, 0.4) is 0 Å². The zero-order chi connectivity index (χ0) is 10.8. The molecular weight excluding hydrogens is 200 g/mol. The zero-order valence-corrected chi connectivity index (χ0v) is 7.80. The molecule has 3 nitrogen and oxygen atoms in total. The first kappa shape index (κ1) is 9.79. The van der Waals surface area contributed by atoms with Crippen molar-refractivity contribution in [3.8, 4) is 11.1 Å².